The van der Waals surface area contributed by atoms with E-state index in [1.807, 2.05) is 42.5 Å². The van der Waals surface area contributed by atoms with Gasteiger partial charge in [0.1, 0.15) is 11.5 Å². The van der Waals surface area contributed by atoms with Crippen LogP contribution < -0.4 is 4.74 Å². The molecule has 0 saturated heterocycles. The molecule has 1 nitrogen and oxygen atoms in total. The normalized spacial score (nSPS) is 10.1. The van der Waals surface area contributed by atoms with Crippen molar-refractivity contribution in [2.75, 3.05) is 0 Å². The number of halogens is 2. The topological polar surface area (TPSA) is 9.23 Å². The Bertz CT molecular complexity index is 469. The summed E-state index contributed by atoms with van der Waals surface area (Å²) in [4.78, 5) is 0. The third kappa shape index (κ3) is 2.69. The van der Waals surface area contributed by atoms with E-state index in [4.69, 9.17) is 27.9 Å². The van der Waals surface area contributed by atoms with Crippen LogP contribution in [0.1, 0.15) is 5.56 Å². The molecular weight excluding hydrogens is 243 g/mol. The summed E-state index contributed by atoms with van der Waals surface area (Å²) in [7, 11) is 0. The predicted octanol–water partition coefficient (Wildman–Crippen LogP) is 4.87. The van der Waals surface area contributed by atoms with Gasteiger partial charge >= 0.3 is 0 Å². The molecule has 2 aromatic carbocycles. The second kappa shape index (κ2) is 5.24. The molecule has 2 aromatic rings. The van der Waals surface area contributed by atoms with Gasteiger partial charge in [0.25, 0.3) is 0 Å². The van der Waals surface area contributed by atoms with Crippen LogP contribution >= 0.6 is 23.2 Å². The quantitative estimate of drug-likeness (QED) is 0.709. The number of para-hydroxylation sites is 1. The highest BCUT2D eigenvalue weighted by Gasteiger charge is 2.02. The van der Waals surface area contributed by atoms with E-state index in [9.17, 15) is 0 Å². The monoisotopic (exact) mass is 252 g/mol. The number of hydrogen-bond donors (Lipinski definition) is 0. The standard InChI is InChI=1S/C13H10Cl2O/c14-9-10-6-7-12(8-13(10)15)16-11-4-2-1-3-5-11/h1-8H,9H2. The first kappa shape index (κ1) is 11.3. The molecular formula is C13H10Cl2O. The number of ether oxygens (including phenoxy) is 1. The highest BCUT2D eigenvalue weighted by atomic mass is 35.5. The Morgan fingerprint density at radius 2 is 1.69 bits per heavy atom. The van der Waals surface area contributed by atoms with Crippen molar-refractivity contribution in [2.45, 2.75) is 5.88 Å². The molecule has 0 amide bonds. The second-order valence-electron chi connectivity index (χ2n) is 3.30. The number of benzene rings is 2. The van der Waals surface area contributed by atoms with Crippen LogP contribution in [0.2, 0.25) is 5.02 Å². The Labute approximate surface area is 105 Å². The summed E-state index contributed by atoms with van der Waals surface area (Å²) in [5, 5.41) is 0.628. The fourth-order valence-corrected chi connectivity index (χ4v) is 1.86. The van der Waals surface area contributed by atoms with Crippen LogP contribution in [-0.2, 0) is 5.88 Å². The van der Waals surface area contributed by atoms with Gasteiger partial charge in [-0.1, -0.05) is 35.9 Å². The maximum absolute atomic E-state index is 6.03. The maximum Gasteiger partial charge on any atom is 0.128 e. The molecule has 0 bridgehead atoms. The van der Waals surface area contributed by atoms with E-state index >= 15 is 0 Å². The molecule has 0 aliphatic heterocycles. The van der Waals surface area contributed by atoms with Crippen LogP contribution in [0.4, 0.5) is 0 Å². The fraction of sp³-hybridized carbons (Fsp3) is 0.0769. The largest absolute Gasteiger partial charge is 0.457 e. The lowest BCUT2D eigenvalue weighted by Crippen LogP contribution is -1.86. The highest BCUT2D eigenvalue weighted by molar-refractivity contribution is 6.32. The minimum absolute atomic E-state index is 0.407. The minimum Gasteiger partial charge on any atom is -0.457 e. The Morgan fingerprint density at radius 3 is 2.31 bits per heavy atom. The van der Waals surface area contributed by atoms with Crippen LogP contribution in [0.25, 0.3) is 0 Å². The molecule has 0 fully saturated rings. The lowest BCUT2D eigenvalue weighted by atomic mass is 10.2. The van der Waals surface area contributed by atoms with E-state index in [0.717, 1.165) is 11.3 Å². The van der Waals surface area contributed by atoms with Crippen LogP contribution in [0, 0.1) is 0 Å². The molecule has 0 spiro atoms. The number of alkyl halides is 1. The molecule has 0 aromatic heterocycles. The van der Waals surface area contributed by atoms with E-state index in [-0.39, 0.29) is 0 Å². The third-order valence-corrected chi connectivity index (χ3v) is 2.79. The van der Waals surface area contributed by atoms with Gasteiger partial charge in [0, 0.05) is 10.9 Å². The number of hydrogen-bond acceptors (Lipinski definition) is 1. The molecule has 0 heterocycles. The predicted molar refractivity (Wildman–Crippen MR) is 67.5 cm³/mol. The van der Waals surface area contributed by atoms with Gasteiger partial charge in [0.2, 0.25) is 0 Å². The van der Waals surface area contributed by atoms with Gasteiger partial charge in [-0.2, -0.15) is 0 Å². The Hall–Kier alpha value is -1.18. The molecule has 3 heteroatoms. The smallest absolute Gasteiger partial charge is 0.128 e. The van der Waals surface area contributed by atoms with Gasteiger partial charge in [-0.15, -0.1) is 11.6 Å². The summed E-state index contributed by atoms with van der Waals surface area (Å²) in [5.41, 5.74) is 0.906. The number of rotatable bonds is 3. The summed E-state index contributed by atoms with van der Waals surface area (Å²) >= 11 is 11.8. The van der Waals surface area contributed by atoms with Gasteiger partial charge in [-0.3, -0.25) is 0 Å². The highest BCUT2D eigenvalue weighted by Crippen LogP contribution is 2.27. The summed E-state index contributed by atoms with van der Waals surface area (Å²) in [6, 6.07) is 15.1. The molecule has 0 saturated carbocycles. The zero-order valence-electron chi connectivity index (χ0n) is 8.49. The average molecular weight is 253 g/mol. The van der Waals surface area contributed by atoms with Gasteiger partial charge < -0.3 is 4.74 Å². The Morgan fingerprint density at radius 1 is 0.938 bits per heavy atom. The van der Waals surface area contributed by atoms with Gasteiger partial charge in [-0.05, 0) is 29.8 Å². The van der Waals surface area contributed by atoms with Crippen molar-refractivity contribution in [3.8, 4) is 11.5 Å². The molecule has 0 unspecified atom stereocenters. The van der Waals surface area contributed by atoms with Crippen LogP contribution in [0.15, 0.2) is 48.5 Å². The van der Waals surface area contributed by atoms with E-state index in [2.05, 4.69) is 0 Å². The van der Waals surface area contributed by atoms with Crippen molar-refractivity contribution in [3.63, 3.8) is 0 Å². The summed E-state index contributed by atoms with van der Waals surface area (Å²) < 4.78 is 5.63. The SMILES string of the molecule is ClCc1ccc(Oc2ccccc2)cc1Cl. The van der Waals surface area contributed by atoms with Gasteiger partial charge in [0.15, 0.2) is 0 Å². The zero-order chi connectivity index (χ0) is 11.4. The summed E-state index contributed by atoms with van der Waals surface area (Å²) in [6.45, 7) is 0. The van der Waals surface area contributed by atoms with Crippen LogP contribution in [0.3, 0.4) is 0 Å². The molecule has 0 radical (unpaired) electrons. The van der Waals surface area contributed by atoms with Gasteiger partial charge in [0.05, 0.1) is 0 Å². The summed E-state index contributed by atoms with van der Waals surface area (Å²) in [5.74, 6) is 1.91. The molecule has 82 valence electrons. The second-order valence-corrected chi connectivity index (χ2v) is 3.98. The first-order valence-electron chi connectivity index (χ1n) is 4.87. The van der Waals surface area contributed by atoms with E-state index in [1.165, 1.54) is 0 Å². The lowest BCUT2D eigenvalue weighted by molar-refractivity contribution is 0.482. The first-order chi connectivity index (χ1) is 7.79. The summed E-state index contributed by atoms with van der Waals surface area (Å²) in [6.07, 6.45) is 0. The maximum atomic E-state index is 6.03. The Kier molecular flexibility index (Phi) is 3.70. The minimum atomic E-state index is 0.407. The van der Waals surface area contributed by atoms with E-state index < -0.39 is 0 Å². The molecule has 0 aliphatic carbocycles. The van der Waals surface area contributed by atoms with E-state index in [1.54, 1.807) is 6.07 Å². The van der Waals surface area contributed by atoms with Crippen molar-refractivity contribution in [1.82, 2.24) is 0 Å². The average Bonchev–Trinajstić information content (AvgIpc) is 2.31. The zero-order valence-corrected chi connectivity index (χ0v) is 10.0. The van der Waals surface area contributed by atoms with Crippen LogP contribution in [-0.4, -0.2) is 0 Å². The van der Waals surface area contributed by atoms with Crippen molar-refractivity contribution >= 4 is 23.2 Å². The lowest BCUT2D eigenvalue weighted by Gasteiger charge is -2.07. The van der Waals surface area contributed by atoms with Gasteiger partial charge in [-0.25, -0.2) is 0 Å². The van der Waals surface area contributed by atoms with Crippen LogP contribution in [0.5, 0.6) is 11.5 Å². The molecule has 2 rings (SSSR count). The van der Waals surface area contributed by atoms with Crippen molar-refractivity contribution in [1.29, 1.82) is 0 Å². The fourth-order valence-electron chi connectivity index (χ4n) is 1.32. The Balaban J connectivity index is 2.20. The molecule has 0 N–H and O–H groups in total. The first-order valence-corrected chi connectivity index (χ1v) is 5.78. The van der Waals surface area contributed by atoms with Crippen molar-refractivity contribution < 1.29 is 4.74 Å². The van der Waals surface area contributed by atoms with E-state index in [0.29, 0.717) is 16.7 Å². The molecule has 0 aliphatic rings. The molecule has 0 atom stereocenters. The third-order valence-electron chi connectivity index (χ3n) is 2.15. The molecule has 16 heavy (non-hydrogen) atoms. The van der Waals surface area contributed by atoms with Crippen molar-refractivity contribution in [3.05, 3.63) is 59.1 Å². The van der Waals surface area contributed by atoms with Crippen molar-refractivity contribution in [2.24, 2.45) is 0 Å².